The van der Waals surface area contributed by atoms with Gasteiger partial charge in [0.25, 0.3) is 0 Å². The summed E-state index contributed by atoms with van der Waals surface area (Å²) >= 11 is 0. The zero-order valence-electron chi connectivity index (χ0n) is 16.9. The van der Waals surface area contributed by atoms with Crippen molar-refractivity contribution < 1.29 is 14.3 Å². The lowest BCUT2D eigenvalue weighted by Crippen LogP contribution is -2.41. The van der Waals surface area contributed by atoms with E-state index in [0.717, 1.165) is 49.2 Å². The van der Waals surface area contributed by atoms with E-state index in [9.17, 15) is 9.59 Å². The summed E-state index contributed by atoms with van der Waals surface area (Å²) in [7, 11) is 1.68. The number of carbonyl (C=O) groups is 2. The molecule has 2 aliphatic rings. The Labute approximate surface area is 162 Å². The maximum atomic E-state index is 12.8. The minimum absolute atomic E-state index is 0.146. The number of methoxy groups -OCH3 is 1. The zero-order chi connectivity index (χ0) is 19.4. The van der Waals surface area contributed by atoms with Crippen molar-refractivity contribution in [3.8, 4) is 5.75 Å². The molecule has 0 N–H and O–H groups in total. The van der Waals surface area contributed by atoms with Crippen LogP contribution in [0.4, 0.5) is 0 Å². The quantitative estimate of drug-likeness (QED) is 0.797. The number of carbonyl (C=O) groups excluding carboxylic acids is 2. The van der Waals surface area contributed by atoms with Crippen LogP contribution in [0, 0.1) is 5.92 Å². The average molecular weight is 373 g/mol. The van der Waals surface area contributed by atoms with Crippen LogP contribution in [0.15, 0.2) is 18.2 Å². The van der Waals surface area contributed by atoms with Crippen LogP contribution in [-0.2, 0) is 16.0 Å². The Morgan fingerprint density at radius 3 is 2.41 bits per heavy atom. The number of amides is 2. The standard InChI is InChI=1S/C22H32N2O3/c1-16(2)19-14-17(8-9-20(19)27-3)15-21(25)23-10-5-11-24(13-12-23)22(26)18-6-4-7-18/h8-9,14,16,18H,4-7,10-13,15H2,1-3H3. The van der Waals surface area contributed by atoms with E-state index in [1.165, 1.54) is 6.42 Å². The highest BCUT2D eigenvalue weighted by atomic mass is 16.5. The van der Waals surface area contributed by atoms with Crippen molar-refractivity contribution in [3.05, 3.63) is 29.3 Å². The predicted octanol–water partition coefficient (Wildman–Crippen LogP) is 3.22. The fourth-order valence-electron chi connectivity index (χ4n) is 3.93. The van der Waals surface area contributed by atoms with Crippen LogP contribution in [0.2, 0.25) is 0 Å². The normalized spacial score (nSPS) is 18.2. The van der Waals surface area contributed by atoms with Gasteiger partial charge in [-0.3, -0.25) is 9.59 Å². The van der Waals surface area contributed by atoms with Crippen molar-refractivity contribution in [1.29, 1.82) is 0 Å². The number of benzene rings is 1. The van der Waals surface area contributed by atoms with Crippen LogP contribution in [0.1, 0.15) is 56.6 Å². The van der Waals surface area contributed by atoms with Crippen LogP contribution in [-0.4, -0.2) is 54.9 Å². The summed E-state index contributed by atoms with van der Waals surface area (Å²) in [5, 5.41) is 0. The van der Waals surface area contributed by atoms with E-state index in [2.05, 4.69) is 19.9 Å². The molecule has 0 unspecified atom stereocenters. The molecule has 0 aromatic heterocycles. The summed E-state index contributed by atoms with van der Waals surface area (Å²) in [5.74, 6) is 1.90. The molecule has 0 radical (unpaired) electrons. The van der Waals surface area contributed by atoms with Gasteiger partial charge in [-0.2, -0.15) is 0 Å². The van der Waals surface area contributed by atoms with Gasteiger partial charge >= 0.3 is 0 Å². The third kappa shape index (κ3) is 4.63. The second-order valence-corrected chi connectivity index (χ2v) is 8.10. The highest BCUT2D eigenvalue weighted by Crippen LogP contribution is 2.29. The number of hydrogen-bond donors (Lipinski definition) is 0. The van der Waals surface area contributed by atoms with Crippen LogP contribution in [0.25, 0.3) is 0 Å². The third-order valence-electron chi connectivity index (χ3n) is 5.89. The van der Waals surface area contributed by atoms with Crippen molar-refractivity contribution in [2.45, 2.75) is 51.9 Å². The average Bonchev–Trinajstić information content (AvgIpc) is 2.86. The van der Waals surface area contributed by atoms with Gasteiger partial charge in [0.05, 0.1) is 13.5 Å². The molecular formula is C22H32N2O3. The van der Waals surface area contributed by atoms with Crippen LogP contribution >= 0.6 is 0 Å². The molecule has 5 nitrogen and oxygen atoms in total. The van der Waals surface area contributed by atoms with Crippen molar-refractivity contribution in [2.24, 2.45) is 5.92 Å². The first kappa shape index (κ1) is 19.7. The summed E-state index contributed by atoms with van der Waals surface area (Å²) in [4.78, 5) is 29.2. The smallest absolute Gasteiger partial charge is 0.227 e. The molecule has 148 valence electrons. The molecule has 5 heteroatoms. The molecule has 1 heterocycles. The molecule has 0 atom stereocenters. The topological polar surface area (TPSA) is 49.9 Å². The second kappa shape index (κ2) is 8.77. The first-order chi connectivity index (χ1) is 13.0. The van der Waals surface area contributed by atoms with Gasteiger partial charge < -0.3 is 14.5 Å². The van der Waals surface area contributed by atoms with Gasteiger partial charge in [0.1, 0.15) is 5.75 Å². The maximum absolute atomic E-state index is 12.8. The summed E-state index contributed by atoms with van der Waals surface area (Å²) in [6.07, 6.45) is 4.51. The van der Waals surface area contributed by atoms with Gasteiger partial charge in [-0.15, -0.1) is 0 Å². The lowest BCUT2D eigenvalue weighted by atomic mass is 9.84. The number of ether oxygens (including phenoxy) is 1. The van der Waals surface area contributed by atoms with E-state index >= 15 is 0 Å². The third-order valence-corrected chi connectivity index (χ3v) is 5.89. The minimum Gasteiger partial charge on any atom is -0.496 e. The van der Waals surface area contributed by atoms with Crippen molar-refractivity contribution in [3.63, 3.8) is 0 Å². The molecule has 2 amide bonds. The summed E-state index contributed by atoms with van der Waals surface area (Å²) < 4.78 is 5.43. The van der Waals surface area contributed by atoms with Gasteiger partial charge in [0, 0.05) is 32.1 Å². The highest BCUT2D eigenvalue weighted by molar-refractivity contribution is 5.81. The van der Waals surface area contributed by atoms with Gasteiger partial charge in [0.15, 0.2) is 0 Å². The Kier molecular flexibility index (Phi) is 6.40. The van der Waals surface area contributed by atoms with E-state index in [0.29, 0.717) is 31.3 Å². The molecule has 3 rings (SSSR count). The molecule has 0 bridgehead atoms. The molecule has 1 saturated carbocycles. The van der Waals surface area contributed by atoms with E-state index in [1.807, 2.05) is 21.9 Å². The van der Waals surface area contributed by atoms with Gasteiger partial charge in [0.2, 0.25) is 11.8 Å². The first-order valence-corrected chi connectivity index (χ1v) is 10.2. The molecule has 2 fully saturated rings. The lowest BCUT2D eigenvalue weighted by Gasteiger charge is -2.31. The van der Waals surface area contributed by atoms with Crippen molar-refractivity contribution >= 4 is 11.8 Å². The Bertz CT molecular complexity index is 682. The largest absolute Gasteiger partial charge is 0.496 e. The Morgan fingerprint density at radius 1 is 1.07 bits per heavy atom. The van der Waals surface area contributed by atoms with E-state index in [4.69, 9.17) is 4.74 Å². The van der Waals surface area contributed by atoms with E-state index in [-0.39, 0.29) is 11.8 Å². The lowest BCUT2D eigenvalue weighted by molar-refractivity contribution is -0.138. The van der Waals surface area contributed by atoms with Crippen LogP contribution in [0.5, 0.6) is 5.75 Å². The number of nitrogens with zero attached hydrogens (tertiary/aromatic N) is 2. The zero-order valence-corrected chi connectivity index (χ0v) is 16.9. The number of hydrogen-bond acceptors (Lipinski definition) is 3. The number of rotatable bonds is 5. The second-order valence-electron chi connectivity index (χ2n) is 8.10. The SMILES string of the molecule is COc1ccc(CC(=O)N2CCCN(C(=O)C3CCC3)CC2)cc1C(C)C. The summed E-state index contributed by atoms with van der Waals surface area (Å²) in [6, 6.07) is 6.03. The Morgan fingerprint density at radius 2 is 1.78 bits per heavy atom. The van der Waals surface area contributed by atoms with E-state index in [1.54, 1.807) is 7.11 Å². The molecule has 1 aromatic carbocycles. The predicted molar refractivity (Wildman–Crippen MR) is 106 cm³/mol. The Balaban J connectivity index is 1.59. The van der Waals surface area contributed by atoms with E-state index < -0.39 is 0 Å². The Hall–Kier alpha value is -2.04. The minimum atomic E-state index is 0.146. The van der Waals surface area contributed by atoms with Gasteiger partial charge in [-0.05, 0) is 42.4 Å². The first-order valence-electron chi connectivity index (χ1n) is 10.2. The fourth-order valence-corrected chi connectivity index (χ4v) is 3.93. The van der Waals surface area contributed by atoms with Crippen molar-refractivity contribution in [1.82, 2.24) is 9.80 Å². The fraction of sp³-hybridized carbons (Fsp3) is 0.636. The van der Waals surface area contributed by atoms with Gasteiger partial charge in [-0.1, -0.05) is 32.4 Å². The molecule has 1 aromatic rings. The summed E-state index contributed by atoms with van der Waals surface area (Å²) in [6.45, 7) is 7.09. The highest BCUT2D eigenvalue weighted by Gasteiger charge is 2.30. The van der Waals surface area contributed by atoms with Crippen LogP contribution in [0.3, 0.4) is 0 Å². The molecule has 0 spiro atoms. The monoisotopic (exact) mass is 372 g/mol. The molecule has 1 saturated heterocycles. The molecule has 1 aliphatic heterocycles. The molecule has 27 heavy (non-hydrogen) atoms. The van der Waals surface area contributed by atoms with Crippen molar-refractivity contribution in [2.75, 3.05) is 33.3 Å². The van der Waals surface area contributed by atoms with Crippen LogP contribution < -0.4 is 4.74 Å². The maximum Gasteiger partial charge on any atom is 0.227 e. The molecular weight excluding hydrogens is 340 g/mol. The summed E-state index contributed by atoms with van der Waals surface area (Å²) in [5.41, 5.74) is 2.16. The molecule has 1 aliphatic carbocycles. The van der Waals surface area contributed by atoms with Gasteiger partial charge in [-0.25, -0.2) is 0 Å².